The van der Waals surface area contributed by atoms with E-state index in [1.54, 1.807) is 0 Å². The molecule has 0 aliphatic carbocycles. The highest BCUT2D eigenvalue weighted by Gasteiger charge is 2.15. The van der Waals surface area contributed by atoms with Gasteiger partial charge in [-0.3, -0.25) is 4.79 Å². The molecule has 0 spiro atoms. The fraction of sp³-hybridized carbons (Fsp3) is 0.957. The van der Waals surface area contributed by atoms with Crippen molar-refractivity contribution in [3.05, 3.63) is 10.4 Å². The molecule has 0 radical (unpaired) electrons. The quantitative estimate of drug-likeness (QED) is 0.0939. The van der Waals surface area contributed by atoms with E-state index in [9.17, 15) is 9.90 Å². The number of carbonyl (C=O) groups excluding carboxylic acids is 1. The van der Waals surface area contributed by atoms with Crippen molar-refractivity contribution in [1.29, 1.82) is 0 Å². The molecule has 0 aromatic carbocycles. The summed E-state index contributed by atoms with van der Waals surface area (Å²) in [6.07, 6.45) is 18.5. The highest BCUT2D eigenvalue weighted by molar-refractivity contribution is 5.76. The largest absolute Gasteiger partial charge is 0.391 e. The number of hydrogen-bond donors (Lipinski definition) is 2. The van der Waals surface area contributed by atoms with E-state index in [1.807, 2.05) is 6.92 Å². The number of nitrogens with one attached hydrogen (secondary N) is 1. The Labute approximate surface area is 178 Å². The number of azide groups is 1. The minimum Gasteiger partial charge on any atom is -0.391 e. The maximum Gasteiger partial charge on any atom is 0.220 e. The maximum atomic E-state index is 11.9. The number of unbranched alkanes of at least 4 members (excludes halogenated alkanes) is 13. The SMILES string of the molecule is CCCCCCCC(=O)N[C@@H](C)[C@H](O)CCCCCCCCCCCCN=[N+]=[N-]. The van der Waals surface area contributed by atoms with Crippen LogP contribution in [0.4, 0.5) is 0 Å². The smallest absolute Gasteiger partial charge is 0.220 e. The summed E-state index contributed by atoms with van der Waals surface area (Å²) in [5.41, 5.74) is 8.20. The Kier molecular flexibility index (Phi) is 20.5. The van der Waals surface area contributed by atoms with Crippen molar-refractivity contribution < 1.29 is 9.90 Å². The molecule has 0 bridgehead atoms. The molecule has 6 heteroatoms. The second kappa shape index (κ2) is 21.4. The molecule has 0 aliphatic heterocycles. The minimum absolute atomic E-state index is 0.0749. The standard InChI is InChI=1S/C23H46N4O2/c1-3-4-5-12-16-19-23(29)26-21(2)22(28)18-15-13-10-8-6-7-9-11-14-17-20-25-27-24/h21-22,28H,3-20H2,1-2H3,(H,26,29)/t21-,22+/m0/s1. The number of amides is 1. The number of rotatable bonds is 21. The Bertz CT molecular complexity index is 425. The minimum atomic E-state index is -0.440. The first-order valence-corrected chi connectivity index (χ1v) is 12.1. The fourth-order valence-electron chi connectivity index (χ4n) is 3.56. The summed E-state index contributed by atoms with van der Waals surface area (Å²) < 4.78 is 0. The van der Waals surface area contributed by atoms with Gasteiger partial charge in [0.2, 0.25) is 5.91 Å². The summed E-state index contributed by atoms with van der Waals surface area (Å²) in [5, 5.41) is 16.7. The fourth-order valence-corrected chi connectivity index (χ4v) is 3.56. The van der Waals surface area contributed by atoms with E-state index in [1.165, 1.54) is 57.8 Å². The molecule has 29 heavy (non-hydrogen) atoms. The normalized spacial score (nSPS) is 12.9. The maximum absolute atomic E-state index is 11.9. The molecule has 1 amide bonds. The number of aliphatic hydroxyl groups is 1. The number of hydrogen-bond acceptors (Lipinski definition) is 3. The summed E-state index contributed by atoms with van der Waals surface area (Å²) in [6, 6.07) is -0.156. The van der Waals surface area contributed by atoms with Crippen molar-refractivity contribution in [2.45, 2.75) is 135 Å². The Balaban J connectivity index is 3.46. The van der Waals surface area contributed by atoms with Gasteiger partial charge >= 0.3 is 0 Å². The third kappa shape index (κ3) is 19.8. The zero-order chi connectivity index (χ0) is 21.6. The zero-order valence-corrected chi connectivity index (χ0v) is 19.1. The Morgan fingerprint density at radius 3 is 2.00 bits per heavy atom. The average molecular weight is 411 g/mol. The number of carbonyl (C=O) groups is 1. The third-order valence-electron chi connectivity index (χ3n) is 5.54. The highest BCUT2D eigenvalue weighted by Crippen LogP contribution is 2.13. The molecular formula is C23H46N4O2. The molecule has 0 aromatic heterocycles. The van der Waals surface area contributed by atoms with E-state index in [0.29, 0.717) is 13.0 Å². The summed E-state index contributed by atoms with van der Waals surface area (Å²) in [6.45, 7) is 4.73. The van der Waals surface area contributed by atoms with Crippen molar-refractivity contribution >= 4 is 5.91 Å². The van der Waals surface area contributed by atoms with E-state index in [4.69, 9.17) is 5.53 Å². The third-order valence-corrected chi connectivity index (χ3v) is 5.54. The molecule has 0 aromatic rings. The topological polar surface area (TPSA) is 98.1 Å². The van der Waals surface area contributed by atoms with Crippen LogP contribution in [0.15, 0.2) is 5.11 Å². The van der Waals surface area contributed by atoms with Crippen molar-refractivity contribution in [3.63, 3.8) is 0 Å². The van der Waals surface area contributed by atoms with Gasteiger partial charge in [-0.25, -0.2) is 0 Å². The lowest BCUT2D eigenvalue weighted by Gasteiger charge is -2.20. The predicted octanol–water partition coefficient (Wildman–Crippen LogP) is 6.81. The Morgan fingerprint density at radius 2 is 1.41 bits per heavy atom. The van der Waals surface area contributed by atoms with Crippen molar-refractivity contribution in [1.82, 2.24) is 5.32 Å². The van der Waals surface area contributed by atoms with Crippen molar-refractivity contribution in [2.24, 2.45) is 5.11 Å². The lowest BCUT2D eigenvalue weighted by molar-refractivity contribution is -0.122. The van der Waals surface area contributed by atoms with Crippen molar-refractivity contribution in [3.8, 4) is 0 Å². The first-order chi connectivity index (χ1) is 14.1. The van der Waals surface area contributed by atoms with Crippen LogP contribution in [0, 0.1) is 0 Å². The van der Waals surface area contributed by atoms with Crippen LogP contribution in [-0.2, 0) is 4.79 Å². The van der Waals surface area contributed by atoms with Gasteiger partial charge in [0, 0.05) is 17.9 Å². The number of aliphatic hydroxyl groups excluding tert-OH is 1. The molecule has 2 N–H and O–H groups in total. The van der Waals surface area contributed by atoms with Crippen LogP contribution in [0.2, 0.25) is 0 Å². The van der Waals surface area contributed by atoms with Crippen LogP contribution < -0.4 is 5.32 Å². The molecular weight excluding hydrogens is 364 g/mol. The van der Waals surface area contributed by atoms with Crippen LogP contribution in [0.5, 0.6) is 0 Å². The Hall–Kier alpha value is -1.26. The van der Waals surface area contributed by atoms with Gasteiger partial charge < -0.3 is 10.4 Å². The van der Waals surface area contributed by atoms with E-state index in [0.717, 1.165) is 44.9 Å². The summed E-state index contributed by atoms with van der Waals surface area (Å²) in [5.74, 6) is 0.0749. The van der Waals surface area contributed by atoms with Gasteiger partial charge in [-0.1, -0.05) is 95.5 Å². The number of nitrogens with zero attached hydrogens (tertiary/aromatic N) is 3. The van der Waals surface area contributed by atoms with Crippen LogP contribution in [0.3, 0.4) is 0 Å². The molecule has 0 unspecified atom stereocenters. The lowest BCUT2D eigenvalue weighted by Crippen LogP contribution is -2.41. The van der Waals surface area contributed by atoms with Gasteiger partial charge in [0.25, 0.3) is 0 Å². The zero-order valence-electron chi connectivity index (χ0n) is 19.1. The predicted molar refractivity (Wildman–Crippen MR) is 122 cm³/mol. The van der Waals surface area contributed by atoms with E-state index >= 15 is 0 Å². The molecule has 2 atom stereocenters. The van der Waals surface area contributed by atoms with E-state index in [-0.39, 0.29) is 11.9 Å². The van der Waals surface area contributed by atoms with Gasteiger partial charge in [0.1, 0.15) is 0 Å². The average Bonchev–Trinajstić information content (AvgIpc) is 2.71. The lowest BCUT2D eigenvalue weighted by atomic mass is 10.0. The van der Waals surface area contributed by atoms with Gasteiger partial charge in [0.15, 0.2) is 0 Å². The summed E-state index contributed by atoms with van der Waals surface area (Å²) >= 11 is 0. The second-order valence-electron chi connectivity index (χ2n) is 8.37. The van der Waals surface area contributed by atoms with Crippen LogP contribution in [0.1, 0.15) is 123 Å². The molecule has 0 saturated heterocycles. The first-order valence-electron chi connectivity index (χ1n) is 12.1. The van der Waals surface area contributed by atoms with Crippen LogP contribution >= 0.6 is 0 Å². The molecule has 0 saturated carbocycles. The van der Waals surface area contributed by atoms with E-state index in [2.05, 4.69) is 22.3 Å². The van der Waals surface area contributed by atoms with Gasteiger partial charge in [-0.15, -0.1) is 0 Å². The summed E-state index contributed by atoms with van der Waals surface area (Å²) in [7, 11) is 0. The highest BCUT2D eigenvalue weighted by atomic mass is 16.3. The van der Waals surface area contributed by atoms with Crippen LogP contribution in [-0.4, -0.2) is 29.7 Å². The van der Waals surface area contributed by atoms with E-state index < -0.39 is 6.10 Å². The van der Waals surface area contributed by atoms with Gasteiger partial charge in [-0.05, 0) is 31.7 Å². The Morgan fingerprint density at radius 1 is 0.897 bits per heavy atom. The monoisotopic (exact) mass is 410 g/mol. The molecule has 0 aliphatic rings. The van der Waals surface area contributed by atoms with Gasteiger partial charge in [0.05, 0.1) is 12.1 Å². The van der Waals surface area contributed by atoms with Gasteiger partial charge in [-0.2, -0.15) is 0 Å². The molecule has 0 fully saturated rings. The molecule has 0 heterocycles. The van der Waals surface area contributed by atoms with Crippen LogP contribution in [0.25, 0.3) is 10.4 Å². The first kappa shape index (κ1) is 27.7. The molecule has 170 valence electrons. The summed E-state index contributed by atoms with van der Waals surface area (Å²) in [4.78, 5) is 14.7. The second-order valence-corrected chi connectivity index (χ2v) is 8.37. The van der Waals surface area contributed by atoms with Crippen molar-refractivity contribution in [2.75, 3.05) is 6.54 Å². The molecule has 6 nitrogen and oxygen atoms in total. The molecule has 0 rings (SSSR count).